The summed E-state index contributed by atoms with van der Waals surface area (Å²) < 4.78 is 27.2. The Morgan fingerprint density at radius 2 is 1.91 bits per heavy atom. The van der Waals surface area contributed by atoms with Gasteiger partial charge in [0.25, 0.3) is 10.0 Å². The topological polar surface area (TPSA) is 49.7 Å². The highest BCUT2D eigenvalue weighted by atomic mass is 35.5. The Kier molecular flexibility index (Phi) is 4.41. The van der Waals surface area contributed by atoms with Crippen molar-refractivity contribution in [3.05, 3.63) is 64.7 Å². The van der Waals surface area contributed by atoms with Crippen LogP contribution in [-0.2, 0) is 16.4 Å². The van der Waals surface area contributed by atoms with Crippen molar-refractivity contribution in [2.24, 2.45) is 4.99 Å². The molecule has 23 heavy (non-hydrogen) atoms. The molecule has 1 aliphatic heterocycles. The van der Waals surface area contributed by atoms with Gasteiger partial charge in [-0.25, -0.2) is 12.7 Å². The first-order valence-electron chi connectivity index (χ1n) is 7.44. The van der Waals surface area contributed by atoms with Crippen molar-refractivity contribution in [3.63, 3.8) is 0 Å². The predicted octanol–water partition coefficient (Wildman–Crippen LogP) is 3.35. The summed E-state index contributed by atoms with van der Waals surface area (Å²) in [4.78, 5) is 4.64. The third kappa shape index (κ3) is 3.12. The van der Waals surface area contributed by atoms with Gasteiger partial charge in [-0.05, 0) is 36.2 Å². The van der Waals surface area contributed by atoms with Crippen LogP contribution >= 0.6 is 11.6 Å². The first kappa shape index (κ1) is 16.0. The van der Waals surface area contributed by atoms with Gasteiger partial charge < -0.3 is 0 Å². The van der Waals surface area contributed by atoms with E-state index in [9.17, 15) is 8.42 Å². The molecule has 0 saturated heterocycles. The van der Waals surface area contributed by atoms with Gasteiger partial charge >= 0.3 is 0 Å². The van der Waals surface area contributed by atoms with Gasteiger partial charge in [0.2, 0.25) is 0 Å². The fraction of sp³-hybridized carbons (Fsp3) is 0.235. The number of hydrogen-bond acceptors (Lipinski definition) is 3. The molecular weight excluding hydrogens is 332 g/mol. The molecule has 0 aliphatic carbocycles. The molecule has 0 bridgehead atoms. The summed E-state index contributed by atoms with van der Waals surface area (Å²) in [6, 6.07) is 14.1. The van der Waals surface area contributed by atoms with Crippen molar-refractivity contribution in [3.8, 4) is 0 Å². The summed E-state index contributed by atoms with van der Waals surface area (Å²) in [5, 5.41) is 0.557. The molecule has 0 saturated carbocycles. The van der Waals surface area contributed by atoms with Crippen LogP contribution in [0.1, 0.15) is 18.1 Å². The Morgan fingerprint density at radius 1 is 1.17 bits per heavy atom. The lowest BCUT2D eigenvalue weighted by Crippen LogP contribution is -2.34. The molecule has 0 spiro atoms. The normalized spacial score (nSPS) is 14.9. The van der Waals surface area contributed by atoms with E-state index in [4.69, 9.17) is 11.6 Å². The lowest BCUT2D eigenvalue weighted by Gasteiger charge is -2.20. The molecule has 0 aromatic heterocycles. The number of hydrogen-bond donors (Lipinski definition) is 0. The van der Waals surface area contributed by atoms with Gasteiger partial charge in [-0.3, -0.25) is 4.99 Å². The minimum absolute atomic E-state index is 0.284. The van der Waals surface area contributed by atoms with Crippen molar-refractivity contribution in [1.82, 2.24) is 4.31 Å². The SMILES string of the molecule is CCc1ccc(S(=O)(=O)N2CCN=C2c2cccc(Cl)c2)cc1. The number of halogens is 1. The van der Waals surface area contributed by atoms with E-state index in [0.717, 1.165) is 12.0 Å². The van der Waals surface area contributed by atoms with Crippen molar-refractivity contribution >= 4 is 27.5 Å². The second-order valence-corrected chi connectivity index (χ2v) is 7.59. The van der Waals surface area contributed by atoms with Gasteiger partial charge in [-0.15, -0.1) is 0 Å². The molecule has 6 heteroatoms. The zero-order chi connectivity index (χ0) is 16.4. The molecule has 4 nitrogen and oxygen atoms in total. The number of rotatable bonds is 4. The monoisotopic (exact) mass is 348 g/mol. The average Bonchev–Trinajstić information content (AvgIpc) is 3.05. The highest BCUT2D eigenvalue weighted by Gasteiger charge is 2.31. The highest BCUT2D eigenvalue weighted by molar-refractivity contribution is 7.89. The Morgan fingerprint density at radius 3 is 2.57 bits per heavy atom. The van der Waals surface area contributed by atoms with Crippen molar-refractivity contribution in [2.45, 2.75) is 18.2 Å². The molecule has 0 radical (unpaired) electrons. The maximum absolute atomic E-state index is 12.9. The van der Waals surface area contributed by atoms with Crippen LogP contribution in [0, 0.1) is 0 Å². The van der Waals surface area contributed by atoms with E-state index < -0.39 is 10.0 Å². The zero-order valence-corrected chi connectivity index (χ0v) is 14.3. The standard InChI is InChI=1S/C17H17ClN2O2S/c1-2-13-6-8-16(9-7-13)23(21,22)20-11-10-19-17(20)14-4-3-5-15(18)12-14/h3-9,12H,2,10-11H2,1H3. The first-order chi connectivity index (χ1) is 11.0. The summed E-state index contributed by atoms with van der Waals surface area (Å²) in [5.74, 6) is 0.451. The van der Waals surface area contributed by atoms with E-state index >= 15 is 0 Å². The number of benzene rings is 2. The van der Waals surface area contributed by atoms with Gasteiger partial charge in [-0.2, -0.15) is 0 Å². The maximum Gasteiger partial charge on any atom is 0.265 e. The average molecular weight is 349 g/mol. The van der Waals surface area contributed by atoms with E-state index in [2.05, 4.69) is 4.99 Å². The van der Waals surface area contributed by atoms with E-state index in [1.807, 2.05) is 25.1 Å². The highest BCUT2D eigenvalue weighted by Crippen LogP contribution is 2.23. The van der Waals surface area contributed by atoms with Crippen molar-refractivity contribution in [2.75, 3.05) is 13.1 Å². The Bertz CT molecular complexity index is 845. The lowest BCUT2D eigenvalue weighted by atomic mass is 10.2. The van der Waals surface area contributed by atoms with Crippen LogP contribution in [-0.4, -0.2) is 31.6 Å². The van der Waals surface area contributed by atoms with Crippen LogP contribution in [0.25, 0.3) is 0 Å². The van der Waals surface area contributed by atoms with E-state index in [1.54, 1.807) is 30.3 Å². The van der Waals surface area contributed by atoms with Gasteiger partial charge in [0.1, 0.15) is 5.84 Å². The van der Waals surface area contributed by atoms with Crippen LogP contribution in [0.5, 0.6) is 0 Å². The summed E-state index contributed by atoms with van der Waals surface area (Å²) in [6.45, 7) is 2.84. The minimum atomic E-state index is -3.61. The molecule has 120 valence electrons. The summed E-state index contributed by atoms with van der Waals surface area (Å²) >= 11 is 6.01. The fourth-order valence-corrected chi connectivity index (χ4v) is 4.19. The second kappa shape index (κ2) is 6.34. The van der Waals surface area contributed by atoms with Gasteiger partial charge in [-0.1, -0.05) is 42.8 Å². The van der Waals surface area contributed by atoms with E-state index in [1.165, 1.54) is 4.31 Å². The summed E-state index contributed by atoms with van der Waals surface area (Å²) in [6.07, 6.45) is 0.874. The fourth-order valence-electron chi connectivity index (χ4n) is 2.55. The second-order valence-electron chi connectivity index (χ2n) is 5.29. The number of sulfonamides is 1. The molecule has 0 atom stereocenters. The quantitative estimate of drug-likeness (QED) is 0.850. The van der Waals surface area contributed by atoms with E-state index in [0.29, 0.717) is 29.5 Å². The molecule has 0 unspecified atom stereocenters. The lowest BCUT2D eigenvalue weighted by molar-refractivity contribution is 0.538. The van der Waals surface area contributed by atoms with E-state index in [-0.39, 0.29) is 4.90 Å². The number of nitrogens with zero attached hydrogens (tertiary/aromatic N) is 2. The molecule has 2 aromatic rings. The molecule has 1 aliphatic rings. The first-order valence-corrected chi connectivity index (χ1v) is 9.26. The van der Waals surface area contributed by atoms with Crippen molar-refractivity contribution in [1.29, 1.82) is 0 Å². The van der Waals surface area contributed by atoms with Gasteiger partial charge in [0.05, 0.1) is 18.0 Å². The maximum atomic E-state index is 12.9. The third-order valence-electron chi connectivity index (χ3n) is 3.80. The number of aryl methyl sites for hydroxylation is 1. The number of amidine groups is 1. The molecule has 0 amide bonds. The molecular formula is C17H17ClN2O2S. The summed E-state index contributed by atoms with van der Waals surface area (Å²) in [7, 11) is -3.61. The molecule has 1 heterocycles. The largest absolute Gasteiger partial charge is 0.265 e. The molecule has 0 fully saturated rings. The summed E-state index contributed by atoms with van der Waals surface area (Å²) in [5.41, 5.74) is 1.82. The minimum Gasteiger partial charge on any atom is -0.265 e. The van der Waals surface area contributed by atoms with Crippen LogP contribution in [0.3, 0.4) is 0 Å². The van der Waals surface area contributed by atoms with Crippen LogP contribution < -0.4 is 0 Å². The zero-order valence-electron chi connectivity index (χ0n) is 12.7. The Hall–Kier alpha value is -1.85. The van der Waals surface area contributed by atoms with Gasteiger partial charge in [0.15, 0.2) is 0 Å². The van der Waals surface area contributed by atoms with Crippen LogP contribution in [0.2, 0.25) is 5.02 Å². The molecule has 3 rings (SSSR count). The predicted molar refractivity (Wildman–Crippen MR) is 92.6 cm³/mol. The van der Waals surface area contributed by atoms with Crippen LogP contribution in [0.4, 0.5) is 0 Å². The third-order valence-corrected chi connectivity index (χ3v) is 5.84. The van der Waals surface area contributed by atoms with Crippen molar-refractivity contribution < 1.29 is 8.42 Å². The Labute approximate surface area is 141 Å². The molecule has 2 aromatic carbocycles. The number of aliphatic imine (C=N–C) groups is 1. The van der Waals surface area contributed by atoms with Gasteiger partial charge in [0, 0.05) is 10.6 Å². The Balaban J connectivity index is 1.97. The molecule has 0 N–H and O–H groups in total. The van der Waals surface area contributed by atoms with Crippen LogP contribution in [0.15, 0.2) is 58.4 Å². The smallest absolute Gasteiger partial charge is 0.265 e.